The van der Waals surface area contributed by atoms with E-state index in [1.165, 1.54) is 18.3 Å². The van der Waals surface area contributed by atoms with Crippen molar-refractivity contribution < 1.29 is 19.1 Å². The van der Waals surface area contributed by atoms with E-state index in [0.717, 1.165) is 10.4 Å². The van der Waals surface area contributed by atoms with E-state index in [2.05, 4.69) is 5.32 Å². The van der Waals surface area contributed by atoms with Crippen molar-refractivity contribution in [3.05, 3.63) is 57.3 Å². The van der Waals surface area contributed by atoms with Crippen LogP contribution >= 0.6 is 11.3 Å². The van der Waals surface area contributed by atoms with Crippen LogP contribution in [-0.2, 0) is 16.1 Å². The average Bonchev–Trinajstić information content (AvgIpc) is 3.00. The molecule has 6 heteroatoms. The minimum atomic E-state index is -0.508. The lowest BCUT2D eigenvalue weighted by Gasteiger charge is -2.05. The molecule has 0 saturated heterocycles. The average molecular weight is 331 g/mol. The van der Waals surface area contributed by atoms with Gasteiger partial charge in [0, 0.05) is 11.8 Å². The maximum atomic E-state index is 12.1. The van der Waals surface area contributed by atoms with E-state index in [1.807, 2.05) is 19.1 Å². The number of ketones is 1. The molecule has 0 fully saturated rings. The fraction of sp³-hybridized carbons (Fsp3) is 0.235. The van der Waals surface area contributed by atoms with Gasteiger partial charge < -0.3 is 10.1 Å². The molecule has 1 N–H and O–H groups in total. The van der Waals surface area contributed by atoms with Gasteiger partial charge in [0.25, 0.3) is 0 Å². The third-order valence-electron chi connectivity index (χ3n) is 3.15. The summed E-state index contributed by atoms with van der Waals surface area (Å²) >= 11 is 1.28. The number of Topliss-reactive ketones (excluding diaryl/α,β-unsaturated/α-hetero) is 1. The molecule has 1 heterocycles. The molecular weight excluding hydrogens is 314 g/mol. The van der Waals surface area contributed by atoms with Gasteiger partial charge in [0.05, 0.1) is 17.0 Å². The molecule has 0 radical (unpaired) electrons. The van der Waals surface area contributed by atoms with Crippen LogP contribution in [0.5, 0.6) is 0 Å². The number of benzene rings is 1. The number of aryl methyl sites for hydroxylation is 1. The number of hydrogen-bond donors (Lipinski definition) is 1. The van der Waals surface area contributed by atoms with Gasteiger partial charge in [0.1, 0.15) is 0 Å². The number of amides is 1. The summed E-state index contributed by atoms with van der Waals surface area (Å²) in [6.45, 7) is 3.33. The van der Waals surface area contributed by atoms with Gasteiger partial charge in [-0.25, -0.2) is 4.79 Å². The van der Waals surface area contributed by atoms with Gasteiger partial charge in [-0.05, 0) is 30.7 Å². The van der Waals surface area contributed by atoms with Crippen LogP contribution in [0.2, 0.25) is 0 Å². The van der Waals surface area contributed by atoms with Crippen molar-refractivity contribution in [3.63, 3.8) is 0 Å². The van der Waals surface area contributed by atoms with Crippen LogP contribution in [0.1, 0.15) is 37.4 Å². The summed E-state index contributed by atoms with van der Waals surface area (Å²) in [5.41, 5.74) is 1.26. The molecule has 120 valence electrons. The van der Waals surface area contributed by atoms with Crippen LogP contribution in [0.25, 0.3) is 0 Å². The zero-order valence-corrected chi connectivity index (χ0v) is 13.7. The van der Waals surface area contributed by atoms with Crippen molar-refractivity contribution in [2.24, 2.45) is 0 Å². The standard InChI is InChI=1S/C17H17NO4S/c1-11-5-3-4-6-14(11)17(21)22-10-15(20)16-8-7-13(23-16)9-18-12(2)19/h3-8H,9-10H2,1-2H3,(H,18,19). The second kappa shape index (κ2) is 7.69. The highest BCUT2D eigenvalue weighted by Gasteiger charge is 2.15. The van der Waals surface area contributed by atoms with Gasteiger partial charge in [0.15, 0.2) is 6.61 Å². The second-order valence-corrected chi connectivity index (χ2v) is 6.16. The number of thiophene rings is 1. The molecule has 0 aliphatic carbocycles. The van der Waals surface area contributed by atoms with Crippen LogP contribution < -0.4 is 5.32 Å². The van der Waals surface area contributed by atoms with Crippen LogP contribution in [0.15, 0.2) is 36.4 Å². The third kappa shape index (κ3) is 4.75. The Morgan fingerprint density at radius 3 is 2.57 bits per heavy atom. The highest BCUT2D eigenvalue weighted by atomic mass is 32.1. The van der Waals surface area contributed by atoms with Crippen LogP contribution in [-0.4, -0.2) is 24.3 Å². The van der Waals surface area contributed by atoms with Crippen molar-refractivity contribution in [3.8, 4) is 0 Å². The SMILES string of the molecule is CC(=O)NCc1ccc(C(=O)COC(=O)c2ccccc2C)s1. The van der Waals surface area contributed by atoms with E-state index in [4.69, 9.17) is 4.74 Å². The molecule has 0 unspecified atom stereocenters. The first-order chi connectivity index (χ1) is 11.0. The Hall–Kier alpha value is -2.47. The minimum absolute atomic E-state index is 0.126. The molecule has 0 saturated carbocycles. The fourth-order valence-electron chi connectivity index (χ4n) is 1.92. The van der Waals surface area contributed by atoms with E-state index in [0.29, 0.717) is 17.0 Å². The molecule has 2 aromatic rings. The predicted octanol–water partition coefficient (Wildman–Crippen LogP) is 2.73. The van der Waals surface area contributed by atoms with Gasteiger partial charge in [-0.2, -0.15) is 0 Å². The molecule has 5 nitrogen and oxygen atoms in total. The van der Waals surface area contributed by atoms with Crippen molar-refractivity contribution in [2.45, 2.75) is 20.4 Å². The normalized spacial score (nSPS) is 10.2. The van der Waals surface area contributed by atoms with E-state index in [1.54, 1.807) is 24.3 Å². The predicted molar refractivity (Wildman–Crippen MR) is 87.6 cm³/mol. The van der Waals surface area contributed by atoms with Gasteiger partial charge in [-0.3, -0.25) is 9.59 Å². The zero-order valence-electron chi connectivity index (χ0n) is 12.9. The van der Waals surface area contributed by atoms with E-state index in [-0.39, 0.29) is 18.3 Å². The molecule has 23 heavy (non-hydrogen) atoms. The monoisotopic (exact) mass is 331 g/mol. The molecule has 0 aliphatic heterocycles. The Balaban J connectivity index is 1.91. The Kier molecular flexibility index (Phi) is 5.65. The van der Waals surface area contributed by atoms with E-state index in [9.17, 15) is 14.4 Å². The topological polar surface area (TPSA) is 72.5 Å². The number of rotatable bonds is 6. The maximum absolute atomic E-state index is 12.1. The number of nitrogens with one attached hydrogen (secondary N) is 1. The summed E-state index contributed by atoms with van der Waals surface area (Å²) in [6.07, 6.45) is 0. The zero-order chi connectivity index (χ0) is 16.8. The van der Waals surface area contributed by atoms with E-state index >= 15 is 0 Å². The molecule has 2 rings (SSSR count). The quantitative estimate of drug-likeness (QED) is 0.652. The van der Waals surface area contributed by atoms with E-state index < -0.39 is 5.97 Å². The molecule has 0 bridgehead atoms. The Morgan fingerprint density at radius 2 is 1.87 bits per heavy atom. The molecule has 1 aromatic heterocycles. The van der Waals surface area contributed by atoms with Crippen molar-refractivity contribution >= 4 is 29.0 Å². The Labute approximate surface area is 138 Å². The van der Waals surface area contributed by atoms with Crippen LogP contribution in [0, 0.1) is 6.92 Å². The lowest BCUT2D eigenvalue weighted by Crippen LogP contribution is -2.18. The Morgan fingerprint density at radius 1 is 1.13 bits per heavy atom. The Bertz CT molecular complexity index is 736. The highest BCUT2D eigenvalue weighted by Crippen LogP contribution is 2.17. The fourth-order valence-corrected chi connectivity index (χ4v) is 2.79. The lowest BCUT2D eigenvalue weighted by molar-refractivity contribution is -0.119. The van der Waals surface area contributed by atoms with Gasteiger partial charge in [-0.15, -0.1) is 11.3 Å². The summed E-state index contributed by atoms with van der Waals surface area (Å²) in [6, 6.07) is 10.5. The first-order valence-electron chi connectivity index (χ1n) is 7.06. The lowest BCUT2D eigenvalue weighted by atomic mass is 10.1. The molecule has 1 amide bonds. The molecular formula is C17H17NO4S. The number of esters is 1. The van der Waals surface area contributed by atoms with Gasteiger partial charge in [0.2, 0.25) is 11.7 Å². The van der Waals surface area contributed by atoms with Crippen LogP contribution in [0.3, 0.4) is 0 Å². The summed E-state index contributed by atoms with van der Waals surface area (Å²) in [7, 11) is 0. The summed E-state index contributed by atoms with van der Waals surface area (Å²) < 4.78 is 5.08. The minimum Gasteiger partial charge on any atom is -0.454 e. The molecule has 0 aliphatic rings. The second-order valence-electron chi connectivity index (χ2n) is 4.99. The maximum Gasteiger partial charge on any atom is 0.338 e. The number of ether oxygens (including phenoxy) is 1. The molecule has 1 aromatic carbocycles. The largest absolute Gasteiger partial charge is 0.454 e. The highest BCUT2D eigenvalue weighted by molar-refractivity contribution is 7.14. The van der Waals surface area contributed by atoms with Crippen molar-refractivity contribution in [1.82, 2.24) is 5.32 Å². The van der Waals surface area contributed by atoms with Crippen molar-refractivity contribution in [2.75, 3.05) is 6.61 Å². The smallest absolute Gasteiger partial charge is 0.338 e. The first kappa shape index (κ1) is 16.9. The van der Waals surface area contributed by atoms with Crippen molar-refractivity contribution in [1.29, 1.82) is 0 Å². The molecule has 0 spiro atoms. The number of carbonyl (C=O) groups excluding carboxylic acids is 3. The molecule has 0 atom stereocenters. The summed E-state index contributed by atoms with van der Waals surface area (Å²) in [5.74, 6) is -0.893. The summed E-state index contributed by atoms with van der Waals surface area (Å²) in [4.78, 5) is 36.3. The summed E-state index contributed by atoms with van der Waals surface area (Å²) in [5, 5.41) is 2.67. The number of hydrogen-bond acceptors (Lipinski definition) is 5. The van der Waals surface area contributed by atoms with Crippen LogP contribution in [0.4, 0.5) is 0 Å². The first-order valence-corrected chi connectivity index (χ1v) is 7.88. The van der Waals surface area contributed by atoms with Gasteiger partial charge in [-0.1, -0.05) is 18.2 Å². The number of carbonyl (C=O) groups is 3. The third-order valence-corrected chi connectivity index (χ3v) is 4.27. The van der Waals surface area contributed by atoms with Gasteiger partial charge >= 0.3 is 5.97 Å².